The van der Waals surface area contributed by atoms with Crippen molar-refractivity contribution in [2.75, 3.05) is 50.8 Å². The lowest BCUT2D eigenvalue weighted by molar-refractivity contribution is -0.117. The summed E-state index contributed by atoms with van der Waals surface area (Å²) in [6, 6.07) is 2.44. The molecule has 0 aromatic heterocycles. The Morgan fingerprint density at radius 3 is 2.02 bits per heavy atom. The number of aliphatic hydroxyl groups is 3. The van der Waals surface area contributed by atoms with Gasteiger partial charge in [0.05, 0.1) is 86.4 Å². The Balaban J connectivity index is 1.64. The van der Waals surface area contributed by atoms with Crippen molar-refractivity contribution in [3.63, 3.8) is 0 Å². The zero-order valence-electron chi connectivity index (χ0n) is 29.3. The van der Waals surface area contributed by atoms with E-state index < -0.39 is 35.8 Å². The number of anilines is 2. The van der Waals surface area contributed by atoms with Gasteiger partial charge >= 0.3 is 0 Å². The van der Waals surface area contributed by atoms with Crippen molar-refractivity contribution in [2.24, 2.45) is 0 Å². The van der Waals surface area contributed by atoms with Gasteiger partial charge in [-0.1, -0.05) is 11.6 Å². The summed E-state index contributed by atoms with van der Waals surface area (Å²) in [5.74, 6) is -1.53. The summed E-state index contributed by atoms with van der Waals surface area (Å²) in [6.45, 7) is 7.64. The van der Waals surface area contributed by atoms with Crippen LogP contribution in [0, 0.1) is 0 Å². The summed E-state index contributed by atoms with van der Waals surface area (Å²) in [4.78, 5) is 41.8. The van der Waals surface area contributed by atoms with Gasteiger partial charge in [0.25, 0.3) is 0 Å². The van der Waals surface area contributed by atoms with Gasteiger partial charge in [-0.2, -0.15) is 0 Å². The average Bonchev–Trinajstić information content (AvgIpc) is 3.22. The first-order valence-electron chi connectivity index (χ1n) is 17.1. The molecule has 2 atom stereocenters. The lowest BCUT2D eigenvalue weighted by Gasteiger charge is -2.44. The number of phenols is 1. The van der Waals surface area contributed by atoms with Crippen molar-refractivity contribution >= 4 is 66.3 Å². The maximum atomic E-state index is 14.3. The van der Waals surface area contributed by atoms with Gasteiger partial charge < -0.3 is 45.3 Å². The van der Waals surface area contributed by atoms with E-state index >= 15 is 0 Å². The molecular formula is C39H42N2O10. The van der Waals surface area contributed by atoms with E-state index in [1.54, 1.807) is 0 Å². The highest BCUT2D eigenvalue weighted by molar-refractivity contribution is 6.40. The second-order valence-corrected chi connectivity index (χ2v) is 14.1. The van der Waals surface area contributed by atoms with E-state index in [-0.39, 0.29) is 47.2 Å². The number of methoxy groups -OCH3 is 1. The van der Waals surface area contributed by atoms with Crippen LogP contribution in [-0.4, -0.2) is 77.9 Å². The fraction of sp³-hybridized carbons (Fsp3) is 0.410. The van der Waals surface area contributed by atoms with E-state index in [4.69, 9.17) is 19.3 Å². The number of hydrogen-bond donors (Lipinski definition) is 6. The highest BCUT2D eigenvalue weighted by Crippen LogP contribution is 2.57. The molecule has 0 fully saturated rings. The lowest BCUT2D eigenvalue weighted by Crippen LogP contribution is -2.52. The molecule has 268 valence electrons. The highest BCUT2D eigenvalue weighted by Gasteiger charge is 2.41. The number of phenolic OH excluding ortho intramolecular Hbond substituents is 1. The Bertz CT molecular complexity index is 2390. The number of aliphatic hydroxyl groups excluding tert-OH is 3. The third-order valence-electron chi connectivity index (χ3n) is 10.6. The van der Waals surface area contributed by atoms with Crippen molar-refractivity contribution in [3.8, 4) is 11.5 Å². The fourth-order valence-corrected chi connectivity index (χ4v) is 8.50. The monoisotopic (exact) mass is 698 g/mol. The van der Waals surface area contributed by atoms with Gasteiger partial charge in [0.2, 0.25) is 0 Å². The maximum Gasteiger partial charge on any atom is 0.190 e. The number of aromatic hydroxyl groups is 1. The molecule has 1 heterocycles. The molecule has 0 radical (unpaired) electrons. The quantitative estimate of drug-likeness (QED) is 0.0625. The summed E-state index contributed by atoms with van der Waals surface area (Å²) in [7, 11) is 1.37. The lowest BCUT2D eigenvalue weighted by atomic mass is 9.78. The van der Waals surface area contributed by atoms with Crippen LogP contribution in [0.5, 0.6) is 11.5 Å². The standard InChI is InChI=1S/C39H42N2O10/c1-17-12-21-28-31-26(27-20(16-44)14-23(47)30-32(27)33(28)34(25(17)18(2)45)38(49-5)37(30)48)19(15-43)13-22(46)29(31)36-35(21)41-39(3,4)24(40-36)6-8-50-10-11-51-9-7-42/h12-14,24-25,40-44,48H,6-11,15-16H2,1-5H3. The van der Waals surface area contributed by atoms with Crippen molar-refractivity contribution in [3.05, 3.63) is 60.4 Å². The van der Waals surface area contributed by atoms with Crippen molar-refractivity contribution in [1.29, 1.82) is 0 Å². The minimum absolute atomic E-state index is 0.0127. The molecule has 5 aromatic rings. The fourth-order valence-electron chi connectivity index (χ4n) is 8.50. The molecule has 12 nitrogen and oxygen atoms in total. The number of nitrogens with one attached hydrogen (secondary N) is 2. The molecule has 51 heavy (non-hydrogen) atoms. The topological polar surface area (TPSA) is 184 Å². The molecule has 0 saturated heterocycles. The summed E-state index contributed by atoms with van der Waals surface area (Å²) in [5.41, 5.74) is 2.00. The van der Waals surface area contributed by atoms with Crippen LogP contribution in [0.3, 0.4) is 0 Å². The number of carbonyl (C=O) groups is 1. The summed E-state index contributed by atoms with van der Waals surface area (Å²) < 4.78 is 17.0. The molecule has 12 heteroatoms. The molecule has 0 spiro atoms. The Hall–Kier alpha value is -4.59. The van der Waals surface area contributed by atoms with E-state index in [0.717, 1.165) is 0 Å². The molecule has 5 aromatic carbocycles. The molecule has 2 unspecified atom stereocenters. The zero-order chi connectivity index (χ0) is 36.5. The van der Waals surface area contributed by atoms with E-state index in [0.29, 0.717) is 97.6 Å². The number of ether oxygens (including phenoxy) is 3. The SMILES string of the molecule is COc1c(O)c2c(=O)cc(CO)c3c4c(CO)cc(=O)c5c6c(c7c(c(c1C(C(C)=O)C(C)=C7)c23)c54)NC(C)(C)C(CCOCCOCCO)N6. The Morgan fingerprint density at radius 2 is 1.43 bits per heavy atom. The van der Waals surface area contributed by atoms with Crippen LogP contribution in [-0.2, 0) is 27.5 Å². The van der Waals surface area contributed by atoms with Crippen LogP contribution >= 0.6 is 0 Å². The summed E-state index contributed by atoms with van der Waals surface area (Å²) in [5, 5.41) is 52.6. The maximum absolute atomic E-state index is 14.3. The number of rotatable bonds is 12. The molecule has 1 aliphatic carbocycles. The van der Waals surface area contributed by atoms with Gasteiger partial charge in [0, 0.05) is 33.9 Å². The molecule has 2 aliphatic rings. The zero-order valence-corrected chi connectivity index (χ0v) is 29.3. The average molecular weight is 699 g/mol. The minimum Gasteiger partial charge on any atom is -0.504 e. The minimum atomic E-state index is -0.880. The molecular weight excluding hydrogens is 656 g/mol. The van der Waals surface area contributed by atoms with Crippen molar-refractivity contribution in [1.82, 2.24) is 0 Å². The van der Waals surface area contributed by atoms with Gasteiger partial charge in [0.1, 0.15) is 5.78 Å². The number of Topliss-reactive ketones (excluding diaryl/α,β-unsaturated/α-hetero) is 1. The van der Waals surface area contributed by atoms with E-state index in [9.17, 15) is 29.7 Å². The van der Waals surface area contributed by atoms with E-state index in [1.165, 1.54) is 26.2 Å². The predicted molar refractivity (Wildman–Crippen MR) is 197 cm³/mol. The first-order chi connectivity index (χ1) is 24.4. The van der Waals surface area contributed by atoms with Gasteiger partial charge in [-0.3, -0.25) is 14.4 Å². The summed E-state index contributed by atoms with van der Waals surface area (Å²) >= 11 is 0. The highest BCUT2D eigenvalue weighted by atomic mass is 16.5. The Labute approximate surface area is 292 Å². The first kappa shape index (κ1) is 34.8. The molecule has 7 rings (SSSR count). The Morgan fingerprint density at radius 1 is 0.824 bits per heavy atom. The second kappa shape index (κ2) is 12.9. The van der Waals surface area contributed by atoms with Gasteiger partial charge in [-0.25, -0.2) is 0 Å². The van der Waals surface area contributed by atoms with Crippen molar-refractivity contribution in [2.45, 2.75) is 64.8 Å². The molecule has 0 amide bonds. The Kier molecular flexibility index (Phi) is 8.79. The van der Waals surface area contributed by atoms with Gasteiger partial charge in [-0.05, 0) is 73.5 Å². The molecule has 1 aliphatic heterocycles. The number of benzene rings is 5. The number of allylic oxidation sites excluding steroid dienone is 1. The molecule has 6 N–H and O–H groups in total. The smallest absolute Gasteiger partial charge is 0.190 e. The number of ketones is 1. The number of hydrogen-bond acceptors (Lipinski definition) is 12. The largest absolute Gasteiger partial charge is 0.504 e. The van der Waals surface area contributed by atoms with Crippen LogP contribution in [0.4, 0.5) is 11.4 Å². The molecule has 0 bridgehead atoms. The third-order valence-corrected chi connectivity index (χ3v) is 10.6. The molecule has 0 saturated carbocycles. The van der Waals surface area contributed by atoms with Crippen LogP contribution in [0.15, 0.2) is 27.3 Å². The van der Waals surface area contributed by atoms with Crippen LogP contribution in [0.25, 0.3) is 49.2 Å². The normalized spacial score (nSPS) is 17.9. The first-order valence-corrected chi connectivity index (χ1v) is 17.1. The number of fused-ring (bicyclic) bond motifs is 4. The third kappa shape index (κ3) is 5.11. The van der Waals surface area contributed by atoms with E-state index in [2.05, 4.69) is 10.6 Å². The van der Waals surface area contributed by atoms with Gasteiger partial charge in [0.15, 0.2) is 22.4 Å². The second-order valence-electron chi connectivity index (χ2n) is 14.1. The van der Waals surface area contributed by atoms with Gasteiger partial charge in [-0.15, -0.1) is 0 Å². The van der Waals surface area contributed by atoms with E-state index in [1.807, 2.05) is 26.8 Å². The number of carbonyl (C=O) groups excluding carboxylic acids is 1. The predicted octanol–water partition coefficient (Wildman–Crippen LogP) is 4.08. The van der Waals surface area contributed by atoms with Crippen LogP contribution in [0.1, 0.15) is 62.3 Å². The van der Waals surface area contributed by atoms with Crippen molar-refractivity contribution < 1.29 is 39.4 Å². The van der Waals surface area contributed by atoms with Crippen LogP contribution in [0.2, 0.25) is 0 Å². The summed E-state index contributed by atoms with van der Waals surface area (Å²) in [6.07, 6.45) is 2.49. The van der Waals surface area contributed by atoms with Crippen LogP contribution < -0.4 is 26.2 Å².